The highest BCUT2D eigenvalue weighted by molar-refractivity contribution is 6.32. The van der Waals surface area contributed by atoms with Crippen molar-refractivity contribution in [2.24, 2.45) is 0 Å². The number of hydrogen-bond donors (Lipinski definition) is 1. The van der Waals surface area contributed by atoms with Gasteiger partial charge in [-0.25, -0.2) is 4.79 Å². The van der Waals surface area contributed by atoms with E-state index in [1.165, 1.54) is 0 Å². The van der Waals surface area contributed by atoms with Crippen molar-refractivity contribution in [3.8, 4) is 17.3 Å². The zero-order valence-corrected chi connectivity index (χ0v) is 15.5. The second-order valence-corrected chi connectivity index (χ2v) is 7.18. The molecule has 0 radical (unpaired) electrons. The van der Waals surface area contributed by atoms with Crippen molar-refractivity contribution in [3.63, 3.8) is 0 Å². The quantitative estimate of drug-likeness (QED) is 0.893. The second-order valence-electron chi connectivity index (χ2n) is 6.78. The zero-order valence-electron chi connectivity index (χ0n) is 14.7. The van der Waals surface area contributed by atoms with E-state index >= 15 is 0 Å². The van der Waals surface area contributed by atoms with Crippen LogP contribution in [0.15, 0.2) is 30.5 Å². The van der Waals surface area contributed by atoms with Gasteiger partial charge in [0.05, 0.1) is 22.8 Å². The van der Waals surface area contributed by atoms with Crippen molar-refractivity contribution in [3.05, 3.63) is 41.0 Å². The Morgan fingerprint density at radius 2 is 2.16 bits per heavy atom. The Bertz CT molecular complexity index is 802. The lowest BCUT2D eigenvalue weighted by molar-refractivity contribution is 0.0503. The van der Waals surface area contributed by atoms with Crippen LogP contribution in [-0.4, -0.2) is 27.5 Å². The van der Waals surface area contributed by atoms with E-state index in [4.69, 9.17) is 21.6 Å². The number of nitrogens with one attached hydrogen (secondary N) is 1. The Morgan fingerprint density at radius 1 is 1.44 bits per heavy atom. The number of aromatic nitrogens is 2. The van der Waals surface area contributed by atoms with Gasteiger partial charge in [0.1, 0.15) is 11.7 Å². The van der Waals surface area contributed by atoms with Crippen molar-refractivity contribution in [2.75, 3.05) is 0 Å². The molecule has 7 heteroatoms. The van der Waals surface area contributed by atoms with Gasteiger partial charge in [-0.1, -0.05) is 17.7 Å². The normalized spacial score (nSPS) is 12.3. The van der Waals surface area contributed by atoms with Gasteiger partial charge in [-0.15, -0.1) is 0 Å². The summed E-state index contributed by atoms with van der Waals surface area (Å²) in [5.74, 6) is 0. The lowest BCUT2D eigenvalue weighted by Crippen LogP contribution is -2.39. The summed E-state index contributed by atoms with van der Waals surface area (Å²) in [7, 11) is 0. The number of nitriles is 1. The van der Waals surface area contributed by atoms with Crippen LogP contribution in [0.25, 0.3) is 11.3 Å². The van der Waals surface area contributed by atoms with Crippen molar-refractivity contribution in [2.45, 2.75) is 45.9 Å². The van der Waals surface area contributed by atoms with Crippen LogP contribution in [0.3, 0.4) is 0 Å². The largest absolute Gasteiger partial charge is 0.444 e. The van der Waals surface area contributed by atoms with Crippen LogP contribution in [0.1, 0.15) is 33.3 Å². The molecule has 1 aromatic heterocycles. The van der Waals surface area contributed by atoms with Gasteiger partial charge in [-0.05, 0) is 45.9 Å². The van der Waals surface area contributed by atoms with Gasteiger partial charge in [0.15, 0.2) is 0 Å². The number of carbonyl (C=O) groups is 1. The van der Waals surface area contributed by atoms with E-state index in [0.717, 1.165) is 11.3 Å². The molecule has 0 aliphatic heterocycles. The highest BCUT2D eigenvalue weighted by atomic mass is 35.5. The Labute approximate surface area is 152 Å². The third kappa shape index (κ3) is 5.50. The van der Waals surface area contributed by atoms with Gasteiger partial charge in [0, 0.05) is 17.8 Å². The van der Waals surface area contributed by atoms with Crippen LogP contribution in [0.2, 0.25) is 5.02 Å². The zero-order chi connectivity index (χ0) is 18.6. The molecule has 2 aromatic rings. The molecule has 6 nitrogen and oxygen atoms in total. The van der Waals surface area contributed by atoms with Crippen LogP contribution in [0, 0.1) is 11.3 Å². The smallest absolute Gasteiger partial charge is 0.407 e. The van der Waals surface area contributed by atoms with E-state index in [1.54, 1.807) is 22.9 Å². The molecule has 1 heterocycles. The van der Waals surface area contributed by atoms with Gasteiger partial charge in [0.2, 0.25) is 0 Å². The fourth-order valence-corrected chi connectivity index (χ4v) is 2.44. The van der Waals surface area contributed by atoms with E-state index in [9.17, 15) is 4.79 Å². The van der Waals surface area contributed by atoms with Crippen LogP contribution in [-0.2, 0) is 11.3 Å². The van der Waals surface area contributed by atoms with Gasteiger partial charge < -0.3 is 10.1 Å². The molecule has 0 fully saturated rings. The van der Waals surface area contributed by atoms with Gasteiger partial charge in [0.25, 0.3) is 0 Å². The first-order valence-corrected chi connectivity index (χ1v) is 8.29. The van der Waals surface area contributed by atoms with E-state index in [-0.39, 0.29) is 6.04 Å². The summed E-state index contributed by atoms with van der Waals surface area (Å²) in [6.45, 7) is 7.84. The van der Waals surface area contributed by atoms with Gasteiger partial charge in [-0.3, -0.25) is 4.68 Å². The van der Waals surface area contributed by atoms with Crippen molar-refractivity contribution >= 4 is 17.7 Å². The number of halogens is 1. The number of amides is 1. The maximum absolute atomic E-state index is 11.8. The minimum atomic E-state index is -0.530. The van der Waals surface area contributed by atoms with Crippen LogP contribution in [0.4, 0.5) is 4.79 Å². The van der Waals surface area contributed by atoms with Crippen molar-refractivity contribution < 1.29 is 9.53 Å². The molecule has 1 N–H and O–H groups in total. The topological polar surface area (TPSA) is 79.9 Å². The Balaban J connectivity index is 2.00. The summed E-state index contributed by atoms with van der Waals surface area (Å²) in [5.41, 5.74) is 1.48. The molecule has 0 bridgehead atoms. The Kier molecular flexibility index (Phi) is 5.70. The summed E-state index contributed by atoms with van der Waals surface area (Å²) >= 11 is 6.06. The monoisotopic (exact) mass is 360 g/mol. The molecule has 1 aromatic carbocycles. The first kappa shape index (κ1) is 18.8. The predicted octanol–water partition coefficient (Wildman–Crippen LogP) is 3.99. The molecule has 1 atom stereocenters. The van der Waals surface area contributed by atoms with Crippen LogP contribution in [0.5, 0.6) is 0 Å². The van der Waals surface area contributed by atoms with Crippen LogP contribution >= 0.6 is 11.6 Å². The number of ether oxygens (including phenoxy) is 1. The third-order valence-corrected chi connectivity index (χ3v) is 3.56. The predicted molar refractivity (Wildman–Crippen MR) is 96.2 cm³/mol. The molecule has 25 heavy (non-hydrogen) atoms. The van der Waals surface area contributed by atoms with E-state index in [1.807, 2.05) is 46.0 Å². The number of rotatable bonds is 4. The molecule has 0 saturated heterocycles. The fourth-order valence-electron chi connectivity index (χ4n) is 2.22. The molecule has 2 rings (SSSR count). The summed E-state index contributed by atoms with van der Waals surface area (Å²) < 4.78 is 6.97. The highest BCUT2D eigenvalue weighted by Gasteiger charge is 2.18. The lowest BCUT2D eigenvalue weighted by Gasteiger charge is -2.21. The lowest BCUT2D eigenvalue weighted by atomic mass is 10.1. The molecular weight excluding hydrogens is 340 g/mol. The average Bonchev–Trinajstić information content (AvgIpc) is 2.93. The molecule has 0 aliphatic rings. The first-order chi connectivity index (χ1) is 11.7. The van der Waals surface area contributed by atoms with E-state index in [2.05, 4.69) is 10.4 Å². The standard InChI is InChI=1S/C18H21ClN4O2/c1-12(21-17(24)25-18(2,3)4)11-23-8-7-16(22-23)13-5-6-14(10-20)15(19)9-13/h5-9,12H,11H2,1-4H3,(H,21,24). The highest BCUT2D eigenvalue weighted by Crippen LogP contribution is 2.24. The molecule has 0 aliphatic carbocycles. The molecular formula is C18H21ClN4O2. The molecule has 0 spiro atoms. The second kappa shape index (κ2) is 7.58. The number of alkyl carbamates (subject to hydrolysis) is 1. The minimum absolute atomic E-state index is 0.146. The summed E-state index contributed by atoms with van der Waals surface area (Å²) in [6.07, 6.45) is 1.38. The van der Waals surface area contributed by atoms with E-state index in [0.29, 0.717) is 17.1 Å². The molecule has 1 amide bonds. The maximum atomic E-state index is 11.8. The summed E-state index contributed by atoms with van der Waals surface area (Å²) in [6, 6.07) is 8.94. The van der Waals surface area contributed by atoms with Gasteiger partial charge in [-0.2, -0.15) is 10.4 Å². The number of nitrogens with zero attached hydrogens (tertiary/aromatic N) is 3. The third-order valence-electron chi connectivity index (χ3n) is 3.25. The van der Waals surface area contributed by atoms with E-state index < -0.39 is 11.7 Å². The molecule has 1 unspecified atom stereocenters. The Hall–Kier alpha value is -2.52. The molecule has 0 saturated carbocycles. The summed E-state index contributed by atoms with van der Waals surface area (Å²) in [5, 5.41) is 16.6. The first-order valence-electron chi connectivity index (χ1n) is 7.91. The average molecular weight is 361 g/mol. The SMILES string of the molecule is CC(Cn1ccc(-c2ccc(C#N)c(Cl)c2)n1)NC(=O)OC(C)(C)C. The fraction of sp³-hybridized carbons (Fsp3) is 0.389. The number of hydrogen-bond acceptors (Lipinski definition) is 4. The number of carbonyl (C=O) groups excluding carboxylic acids is 1. The van der Waals surface area contributed by atoms with Crippen LogP contribution < -0.4 is 5.32 Å². The molecule has 132 valence electrons. The van der Waals surface area contributed by atoms with Crippen molar-refractivity contribution in [1.29, 1.82) is 5.26 Å². The van der Waals surface area contributed by atoms with Crippen molar-refractivity contribution in [1.82, 2.24) is 15.1 Å². The Morgan fingerprint density at radius 3 is 2.76 bits per heavy atom. The maximum Gasteiger partial charge on any atom is 0.407 e. The summed E-state index contributed by atoms with van der Waals surface area (Å²) in [4.78, 5) is 11.8. The minimum Gasteiger partial charge on any atom is -0.444 e. The number of benzene rings is 1. The van der Waals surface area contributed by atoms with Gasteiger partial charge >= 0.3 is 6.09 Å².